The molecule has 0 fully saturated rings. The van der Waals surface area contributed by atoms with Crippen molar-refractivity contribution in [2.75, 3.05) is 6.61 Å². The lowest BCUT2D eigenvalue weighted by Gasteiger charge is -2.18. The molecule has 0 atom stereocenters. The van der Waals surface area contributed by atoms with Crippen LogP contribution < -0.4 is 11.2 Å². The maximum Gasteiger partial charge on any atom is 0.346 e. The van der Waals surface area contributed by atoms with Crippen LogP contribution in [-0.4, -0.2) is 35.5 Å². The summed E-state index contributed by atoms with van der Waals surface area (Å²) in [6.07, 6.45) is 1.27. The summed E-state index contributed by atoms with van der Waals surface area (Å²) in [6, 6.07) is 0. The third-order valence-corrected chi connectivity index (χ3v) is 2.41. The summed E-state index contributed by atoms with van der Waals surface area (Å²) in [5.41, 5.74) is 6.72. The van der Waals surface area contributed by atoms with Crippen molar-refractivity contribution < 1.29 is 19.1 Å². The highest BCUT2D eigenvalue weighted by Gasteiger charge is 2.43. The molecule has 0 saturated heterocycles. The SMILES string of the molecule is CCOC(=O)C1=C(/C=N\NC(N)=S)C(C)(C)OC1=O. The summed E-state index contributed by atoms with van der Waals surface area (Å²) >= 11 is 4.59. The van der Waals surface area contributed by atoms with Crippen molar-refractivity contribution in [3.8, 4) is 0 Å². The summed E-state index contributed by atoms with van der Waals surface area (Å²) in [4.78, 5) is 23.4. The number of hydrogen-bond acceptors (Lipinski definition) is 6. The van der Waals surface area contributed by atoms with Gasteiger partial charge in [0.25, 0.3) is 0 Å². The average Bonchev–Trinajstić information content (AvgIpc) is 2.48. The quantitative estimate of drug-likeness (QED) is 0.246. The van der Waals surface area contributed by atoms with Crippen LogP contribution in [0.15, 0.2) is 16.2 Å². The highest BCUT2D eigenvalue weighted by Crippen LogP contribution is 2.31. The van der Waals surface area contributed by atoms with E-state index in [4.69, 9.17) is 15.2 Å². The molecule has 0 saturated carbocycles. The fourth-order valence-corrected chi connectivity index (χ4v) is 1.58. The molecule has 19 heavy (non-hydrogen) atoms. The van der Waals surface area contributed by atoms with E-state index in [-0.39, 0.29) is 17.3 Å². The second-order valence-electron chi connectivity index (χ2n) is 4.14. The topological polar surface area (TPSA) is 103 Å². The molecule has 1 aliphatic rings. The fraction of sp³-hybridized carbons (Fsp3) is 0.455. The van der Waals surface area contributed by atoms with Gasteiger partial charge in [0.2, 0.25) is 0 Å². The van der Waals surface area contributed by atoms with Crippen LogP contribution in [0.25, 0.3) is 0 Å². The van der Waals surface area contributed by atoms with E-state index in [2.05, 4.69) is 22.7 Å². The molecule has 7 nitrogen and oxygen atoms in total. The van der Waals surface area contributed by atoms with E-state index in [1.54, 1.807) is 20.8 Å². The van der Waals surface area contributed by atoms with Gasteiger partial charge in [-0.15, -0.1) is 0 Å². The Hall–Kier alpha value is -1.96. The van der Waals surface area contributed by atoms with E-state index in [0.29, 0.717) is 5.57 Å². The number of esters is 2. The smallest absolute Gasteiger partial charge is 0.346 e. The number of nitrogens with zero attached hydrogens (tertiary/aromatic N) is 1. The van der Waals surface area contributed by atoms with Gasteiger partial charge in [0, 0.05) is 5.57 Å². The number of thiocarbonyl (C=S) groups is 1. The molecular weight excluding hydrogens is 270 g/mol. The molecule has 0 unspecified atom stereocenters. The Kier molecular flexibility index (Phi) is 4.60. The van der Waals surface area contributed by atoms with Crippen molar-refractivity contribution >= 4 is 35.5 Å². The zero-order chi connectivity index (χ0) is 14.6. The second kappa shape index (κ2) is 5.79. The van der Waals surface area contributed by atoms with E-state index < -0.39 is 17.5 Å². The van der Waals surface area contributed by atoms with E-state index in [1.807, 2.05) is 0 Å². The number of carbonyl (C=O) groups is 2. The average molecular weight is 285 g/mol. The number of nitrogens with one attached hydrogen (secondary N) is 1. The summed E-state index contributed by atoms with van der Waals surface area (Å²) in [7, 11) is 0. The molecule has 0 bridgehead atoms. The molecule has 3 N–H and O–H groups in total. The summed E-state index contributed by atoms with van der Waals surface area (Å²) in [5.74, 6) is -1.48. The van der Waals surface area contributed by atoms with Crippen molar-refractivity contribution in [3.05, 3.63) is 11.1 Å². The van der Waals surface area contributed by atoms with Crippen LogP contribution in [0, 0.1) is 0 Å². The minimum atomic E-state index is -0.972. The largest absolute Gasteiger partial charge is 0.462 e. The minimum Gasteiger partial charge on any atom is -0.462 e. The minimum absolute atomic E-state index is 0.0300. The molecule has 0 aromatic rings. The summed E-state index contributed by atoms with van der Waals surface area (Å²) in [5, 5.41) is 3.71. The lowest BCUT2D eigenvalue weighted by atomic mass is 9.97. The van der Waals surface area contributed by atoms with Crippen molar-refractivity contribution in [1.29, 1.82) is 0 Å². The molecule has 0 radical (unpaired) electrons. The molecule has 1 rings (SSSR count). The zero-order valence-electron chi connectivity index (χ0n) is 10.9. The standard InChI is InChI=1S/C11H15N3O4S/c1-4-17-8(15)7-6(5-13-14-10(12)19)11(2,3)18-9(7)16/h5H,4H2,1-3H3,(H3,12,14,19)/b13-5-. The van der Waals surface area contributed by atoms with Crippen LogP contribution in [0.2, 0.25) is 0 Å². The van der Waals surface area contributed by atoms with Gasteiger partial charge >= 0.3 is 11.9 Å². The monoisotopic (exact) mass is 285 g/mol. The predicted molar refractivity (Wildman–Crippen MR) is 72.2 cm³/mol. The van der Waals surface area contributed by atoms with E-state index >= 15 is 0 Å². The first kappa shape index (κ1) is 15.1. The van der Waals surface area contributed by atoms with Gasteiger partial charge in [0.1, 0.15) is 5.60 Å². The van der Waals surface area contributed by atoms with Gasteiger partial charge < -0.3 is 15.2 Å². The van der Waals surface area contributed by atoms with Gasteiger partial charge in [-0.1, -0.05) is 0 Å². The molecule has 8 heteroatoms. The van der Waals surface area contributed by atoms with Crippen molar-refractivity contribution in [2.45, 2.75) is 26.4 Å². The number of hydrogen-bond donors (Lipinski definition) is 2. The molecule has 104 valence electrons. The Balaban J connectivity index is 3.12. The van der Waals surface area contributed by atoms with Crippen molar-refractivity contribution in [2.24, 2.45) is 10.8 Å². The van der Waals surface area contributed by atoms with Crippen molar-refractivity contribution in [1.82, 2.24) is 5.43 Å². The Bertz CT molecular complexity index is 482. The maximum atomic E-state index is 11.7. The van der Waals surface area contributed by atoms with Crippen LogP contribution in [0.3, 0.4) is 0 Å². The molecule has 1 heterocycles. The fourth-order valence-electron chi connectivity index (χ4n) is 1.53. The van der Waals surface area contributed by atoms with Gasteiger partial charge in [0.05, 0.1) is 12.8 Å². The van der Waals surface area contributed by atoms with Crippen LogP contribution >= 0.6 is 12.2 Å². The van der Waals surface area contributed by atoms with E-state index in [9.17, 15) is 9.59 Å². The number of cyclic esters (lactones) is 1. The number of nitrogens with two attached hydrogens (primary N) is 1. The van der Waals surface area contributed by atoms with E-state index in [1.165, 1.54) is 6.21 Å². The summed E-state index contributed by atoms with van der Waals surface area (Å²) < 4.78 is 9.92. The molecule has 0 aromatic heterocycles. The second-order valence-corrected chi connectivity index (χ2v) is 4.58. The number of ether oxygens (including phenoxy) is 2. The predicted octanol–water partition coefficient (Wildman–Crippen LogP) is 0.000500. The van der Waals surface area contributed by atoms with Gasteiger partial charge in [0.15, 0.2) is 10.7 Å². The first-order valence-corrected chi connectivity index (χ1v) is 5.94. The van der Waals surface area contributed by atoms with Gasteiger partial charge in [-0.3, -0.25) is 5.43 Å². The third kappa shape index (κ3) is 3.50. The molecule has 0 amide bonds. The number of rotatable bonds is 4. The first-order chi connectivity index (χ1) is 8.79. The molecule has 1 aliphatic heterocycles. The van der Waals surface area contributed by atoms with Crippen LogP contribution in [0.4, 0.5) is 0 Å². The Morgan fingerprint density at radius 3 is 2.79 bits per heavy atom. The van der Waals surface area contributed by atoms with Crippen molar-refractivity contribution in [3.63, 3.8) is 0 Å². The van der Waals surface area contributed by atoms with Crippen LogP contribution in [-0.2, 0) is 19.1 Å². The first-order valence-electron chi connectivity index (χ1n) is 5.53. The van der Waals surface area contributed by atoms with Gasteiger partial charge in [-0.25, -0.2) is 9.59 Å². The Labute approximate surface area is 115 Å². The molecule has 0 aliphatic carbocycles. The number of carbonyl (C=O) groups excluding carboxylic acids is 2. The third-order valence-electron chi connectivity index (χ3n) is 2.32. The lowest BCUT2D eigenvalue weighted by Crippen LogP contribution is -2.27. The van der Waals surface area contributed by atoms with Crippen LogP contribution in [0.1, 0.15) is 20.8 Å². The highest BCUT2D eigenvalue weighted by molar-refractivity contribution is 7.80. The Morgan fingerprint density at radius 1 is 1.63 bits per heavy atom. The lowest BCUT2D eigenvalue weighted by molar-refractivity contribution is -0.148. The maximum absolute atomic E-state index is 11.7. The molecular formula is C11H15N3O4S. The zero-order valence-corrected chi connectivity index (χ0v) is 11.7. The van der Waals surface area contributed by atoms with E-state index in [0.717, 1.165) is 0 Å². The van der Waals surface area contributed by atoms with Gasteiger partial charge in [-0.2, -0.15) is 5.10 Å². The highest BCUT2D eigenvalue weighted by atomic mass is 32.1. The van der Waals surface area contributed by atoms with Crippen LogP contribution in [0.5, 0.6) is 0 Å². The molecule has 0 spiro atoms. The normalized spacial score (nSPS) is 17.5. The Morgan fingerprint density at radius 2 is 2.26 bits per heavy atom. The number of hydrazone groups is 1. The van der Waals surface area contributed by atoms with Gasteiger partial charge in [-0.05, 0) is 33.0 Å². The summed E-state index contributed by atoms with van der Waals surface area (Å²) in [6.45, 7) is 5.08. The molecule has 0 aromatic carbocycles.